The molecule has 1 heterocycles. The van der Waals surface area contributed by atoms with Gasteiger partial charge in [0.25, 0.3) is 0 Å². The van der Waals surface area contributed by atoms with Crippen molar-refractivity contribution in [3.63, 3.8) is 0 Å². The highest BCUT2D eigenvalue weighted by molar-refractivity contribution is 5.79. The number of benzene rings is 1. The smallest absolute Gasteiger partial charge is 0.191 e. The van der Waals surface area contributed by atoms with E-state index >= 15 is 0 Å². The molecule has 3 rings (SSSR count). The van der Waals surface area contributed by atoms with Crippen molar-refractivity contribution in [1.82, 2.24) is 15.5 Å². The summed E-state index contributed by atoms with van der Waals surface area (Å²) in [6, 6.07) is 12.5. The Morgan fingerprint density at radius 2 is 1.94 bits per heavy atom. The third-order valence-corrected chi connectivity index (χ3v) is 6.20. The van der Waals surface area contributed by atoms with Crippen molar-refractivity contribution in [1.29, 1.82) is 0 Å². The number of furan rings is 1. The van der Waals surface area contributed by atoms with Gasteiger partial charge < -0.3 is 19.8 Å². The number of ether oxygens (including phenoxy) is 1. The predicted molar refractivity (Wildman–Crippen MR) is 126 cm³/mol. The Morgan fingerprint density at radius 3 is 2.58 bits per heavy atom. The van der Waals surface area contributed by atoms with Gasteiger partial charge in [0, 0.05) is 33.4 Å². The van der Waals surface area contributed by atoms with E-state index in [4.69, 9.17) is 14.1 Å². The van der Waals surface area contributed by atoms with E-state index in [1.807, 2.05) is 12.1 Å². The molecule has 0 unspecified atom stereocenters. The van der Waals surface area contributed by atoms with Crippen LogP contribution in [0.2, 0.25) is 0 Å². The van der Waals surface area contributed by atoms with Crippen molar-refractivity contribution < 1.29 is 9.15 Å². The lowest BCUT2D eigenvalue weighted by Gasteiger charge is -2.42. The number of hydrogen-bond donors (Lipinski definition) is 2. The van der Waals surface area contributed by atoms with Gasteiger partial charge in [-0.05, 0) is 61.9 Å². The lowest BCUT2D eigenvalue weighted by atomic mass is 9.67. The highest BCUT2D eigenvalue weighted by atomic mass is 16.5. The first-order valence-corrected chi connectivity index (χ1v) is 11.4. The zero-order chi connectivity index (χ0) is 21.9. The van der Waals surface area contributed by atoms with Crippen molar-refractivity contribution >= 4 is 5.96 Å². The number of nitrogens with one attached hydrogen (secondary N) is 2. The van der Waals surface area contributed by atoms with Gasteiger partial charge in [0.2, 0.25) is 0 Å². The lowest BCUT2D eigenvalue weighted by molar-refractivity contribution is 0.0732. The summed E-state index contributed by atoms with van der Waals surface area (Å²) in [5, 5.41) is 7.00. The molecule has 0 spiro atoms. The van der Waals surface area contributed by atoms with E-state index in [-0.39, 0.29) is 0 Å². The fourth-order valence-corrected chi connectivity index (χ4v) is 4.17. The maximum atomic E-state index is 5.48. The summed E-state index contributed by atoms with van der Waals surface area (Å²) in [6.07, 6.45) is 6.70. The van der Waals surface area contributed by atoms with Crippen LogP contribution in [-0.4, -0.2) is 44.7 Å². The van der Waals surface area contributed by atoms with Gasteiger partial charge in [-0.15, -0.1) is 0 Å². The molecule has 0 atom stereocenters. The van der Waals surface area contributed by atoms with E-state index in [0.29, 0.717) is 12.0 Å². The van der Waals surface area contributed by atoms with E-state index in [1.165, 1.54) is 30.4 Å². The van der Waals surface area contributed by atoms with Crippen molar-refractivity contribution in [2.75, 3.05) is 33.9 Å². The molecule has 1 aliphatic rings. The van der Waals surface area contributed by atoms with E-state index in [2.05, 4.69) is 53.8 Å². The summed E-state index contributed by atoms with van der Waals surface area (Å²) < 4.78 is 10.8. The topological polar surface area (TPSA) is 62.0 Å². The molecule has 0 radical (unpaired) electrons. The molecule has 1 aliphatic carbocycles. The number of guanidine groups is 1. The van der Waals surface area contributed by atoms with Crippen molar-refractivity contribution in [3.8, 4) is 0 Å². The summed E-state index contributed by atoms with van der Waals surface area (Å²) in [6.45, 7) is 7.05. The van der Waals surface area contributed by atoms with Crippen LogP contribution in [0.5, 0.6) is 0 Å². The van der Waals surface area contributed by atoms with Crippen LogP contribution in [0.15, 0.2) is 52.1 Å². The zero-order valence-corrected chi connectivity index (χ0v) is 19.3. The molecule has 1 saturated carbocycles. The van der Waals surface area contributed by atoms with Crippen LogP contribution >= 0.6 is 0 Å². The predicted octanol–water partition coefficient (Wildman–Crippen LogP) is 4.17. The number of rotatable bonds is 12. The molecule has 6 heteroatoms. The average molecular weight is 427 g/mol. The third kappa shape index (κ3) is 7.11. The molecular formula is C25H38N4O2. The Morgan fingerprint density at radius 1 is 1.13 bits per heavy atom. The van der Waals surface area contributed by atoms with Crippen LogP contribution < -0.4 is 10.6 Å². The molecule has 0 amide bonds. The minimum atomic E-state index is 0.360. The average Bonchev–Trinajstić information content (AvgIpc) is 3.24. The SMILES string of the molecule is CCNC(=NCc1ccccc1CN(C)Cc1ccco1)NCC1(CCOC)CCC1. The summed E-state index contributed by atoms with van der Waals surface area (Å²) in [5.74, 6) is 1.87. The van der Waals surface area contributed by atoms with Gasteiger partial charge in [-0.25, -0.2) is 4.99 Å². The van der Waals surface area contributed by atoms with Gasteiger partial charge >= 0.3 is 0 Å². The Labute approximate surface area is 187 Å². The number of methoxy groups -OCH3 is 1. The fraction of sp³-hybridized carbons (Fsp3) is 0.560. The van der Waals surface area contributed by atoms with E-state index < -0.39 is 0 Å². The van der Waals surface area contributed by atoms with E-state index in [1.54, 1.807) is 13.4 Å². The molecule has 0 bridgehead atoms. The second kappa shape index (κ2) is 11.9. The standard InChI is InChI=1S/C25H38N4O2/c1-4-26-24(28-20-25(12-8-13-25)14-16-30-3)27-17-21-9-5-6-10-22(21)18-29(2)19-23-11-7-15-31-23/h5-7,9-11,15H,4,8,12-14,16-20H2,1-3H3,(H2,26,27,28). The molecule has 0 aliphatic heterocycles. The summed E-state index contributed by atoms with van der Waals surface area (Å²) in [4.78, 5) is 7.16. The minimum Gasteiger partial charge on any atom is -0.468 e. The van der Waals surface area contributed by atoms with Gasteiger partial charge in [-0.3, -0.25) is 4.90 Å². The van der Waals surface area contributed by atoms with Crippen LogP contribution in [-0.2, 0) is 24.4 Å². The molecule has 170 valence electrons. The second-order valence-corrected chi connectivity index (χ2v) is 8.67. The van der Waals surface area contributed by atoms with Crippen LogP contribution in [0.3, 0.4) is 0 Å². The first kappa shape index (κ1) is 23.4. The summed E-state index contributed by atoms with van der Waals surface area (Å²) in [5.41, 5.74) is 2.91. The molecule has 2 aromatic rings. The summed E-state index contributed by atoms with van der Waals surface area (Å²) in [7, 11) is 3.90. The van der Waals surface area contributed by atoms with Crippen molar-refractivity contribution in [2.24, 2.45) is 10.4 Å². The Kier molecular flexibility index (Phi) is 8.98. The molecule has 1 aromatic heterocycles. The van der Waals surface area contributed by atoms with Crippen LogP contribution in [0.25, 0.3) is 0 Å². The molecule has 2 N–H and O–H groups in total. The van der Waals surface area contributed by atoms with Crippen LogP contribution in [0.4, 0.5) is 0 Å². The largest absolute Gasteiger partial charge is 0.468 e. The normalized spacial score (nSPS) is 15.7. The number of aliphatic imine (C=N–C) groups is 1. The molecule has 0 saturated heterocycles. The first-order valence-electron chi connectivity index (χ1n) is 11.4. The highest BCUT2D eigenvalue weighted by Crippen LogP contribution is 2.43. The van der Waals surface area contributed by atoms with Crippen molar-refractivity contribution in [2.45, 2.75) is 52.2 Å². The monoisotopic (exact) mass is 426 g/mol. The molecule has 1 aromatic carbocycles. The number of nitrogens with zero attached hydrogens (tertiary/aromatic N) is 2. The molecule has 31 heavy (non-hydrogen) atoms. The van der Waals surface area contributed by atoms with E-state index in [0.717, 1.165) is 50.9 Å². The second-order valence-electron chi connectivity index (χ2n) is 8.67. The maximum Gasteiger partial charge on any atom is 0.191 e. The highest BCUT2D eigenvalue weighted by Gasteiger charge is 2.36. The summed E-state index contributed by atoms with van der Waals surface area (Å²) >= 11 is 0. The Hall–Kier alpha value is -2.31. The van der Waals surface area contributed by atoms with Gasteiger partial charge in [0.05, 0.1) is 19.4 Å². The van der Waals surface area contributed by atoms with Crippen molar-refractivity contribution in [3.05, 3.63) is 59.5 Å². The third-order valence-electron chi connectivity index (χ3n) is 6.20. The number of hydrogen-bond acceptors (Lipinski definition) is 4. The van der Waals surface area contributed by atoms with Gasteiger partial charge in [0.1, 0.15) is 5.76 Å². The minimum absolute atomic E-state index is 0.360. The first-order chi connectivity index (χ1) is 15.1. The zero-order valence-electron chi connectivity index (χ0n) is 19.3. The van der Waals surface area contributed by atoms with Crippen LogP contribution in [0.1, 0.15) is 49.5 Å². The molecule has 6 nitrogen and oxygen atoms in total. The van der Waals surface area contributed by atoms with E-state index in [9.17, 15) is 0 Å². The molecule has 1 fully saturated rings. The Bertz CT molecular complexity index is 800. The van der Waals surface area contributed by atoms with Gasteiger partial charge in [-0.1, -0.05) is 30.7 Å². The maximum absolute atomic E-state index is 5.48. The van der Waals surface area contributed by atoms with Gasteiger partial charge in [-0.2, -0.15) is 0 Å². The van der Waals surface area contributed by atoms with Crippen LogP contribution in [0, 0.1) is 5.41 Å². The molecular weight excluding hydrogens is 388 g/mol. The fourth-order valence-electron chi connectivity index (χ4n) is 4.17. The Balaban J connectivity index is 1.60. The van der Waals surface area contributed by atoms with Gasteiger partial charge in [0.15, 0.2) is 5.96 Å². The quantitative estimate of drug-likeness (QED) is 0.394. The lowest BCUT2D eigenvalue weighted by Crippen LogP contribution is -2.47.